The van der Waals surface area contributed by atoms with Gasteiger partial charge in [0.1, 0.15) is 22.7 Å². The van der Waals surface area contributed by atoms with E-state index in [4.69, 9.17) is 9.47 Å². The Hall–Kier alpha value is -3.31. The molecule has 5 heterocycles. The lowest BCUT2D eigenvalue weighted by Crippen LogP contribution is -2.50. The maximum atomic E-state index is 13.3. The monoisotopic (exact) mass is 493 g/mol. The summed E-state index contributed by atoms with van der Waals surface area (Å²) in [5.74, 6) is 1.40. The molecule has 1 amide bonds. The molecule has 0 radical (unpaired) electrons. The average Bonchev–Trinajstić information content (AvgIpc) is 3.46. The molecule has 0 bridgehead atoms. The number of anilines is 2. The SMILES string of the molecule is COc1nc2[nH]ncc2cc1Nc1ncnc2sc3c(c12)CC[C@H](C(=O)N1C[C@@H](C)O[C@@H](C)C1)C3. The number of hydrogen-bond donors (Lipinski definition) is 2. The minimum Gasteiger partial charge on any atom is -0.479 e. The number of aromatic amines is 1. The van der Waals surface area contributed by atoms with Gasteiger partial charge in [-0.3, -0.25) is 9.89 Å². The molecule has 0 saturated carbocycles. The number of morpholine rings is 1. The van der Waals surface area contributed by atoms with Crippen LogP contribution in [0.1, 0.15) is 30.7 Å². The van der Waals surface area contributed by atoms with Crippen molar-refractivity contribution in [2.45, 2.75) is 45.3 Å². The van der Waals surface area contributed by atoms with Crippen molar-refractivity contribution in [2.24, 2.45) is 5.92 Å². The van der Waals surface area contributed by atoms with Crippen LogP contribution in [0.5, 0.6) is 5.88 Å². The molecule has 6 rings (SSSR count). The van der Waals surface area contributed by atoms with E-state index in [9.17, 15) is 4.79 Å². The number of ether oxygens (including phenoxy) is 2. The quantitative estimate of drug-likeness (QED) is 0.444. The molecule has 0 unspecified atom stereocenters. The number of carbonyl (C=O) groups excluding carboxylic acids is 1. The number of nitrogens with zero attached hydrogens (tertiary/aromatic N) is 5. The van der Waals surface area contributed by atoms with E-state index in [1.165, 1.54) is 10.4 Å². The first-order chi connectivity index (χ1) is 17.0. The number of carbonyl (C=O) groups is 1. The summed E-state index contributed by atoms with van der Waals surface area (Å²) < 4.78 is 11.3. The highest BCUT2D eigenvalue weighted by Gasteiger charge is 2.34. The largest absolute Gasteiger partial charge is 0.479 e. The van der Waals surface area contributed by atoms with Gasteiger partial charge in [0.05, 0.1) is 30.9 Å². The normalized spacial score (nSPS) is 22.4. The van der Waals surface area contributed by atoms with Crippen molar-refractivity contribution in [1.29, 1.82) is 0 Å². The van der Waals surface area contributed by atoms with Crippen molar-refractivity contribution in [3.63, 3.8) is 0 Å². The van der Waals surface area contributed by atoms with Gasteiger partial charge in [-0.2, -0.15) is 10.1 Å². The van der Waals surface area contributed by atoms with Gasteiger partial charge >= 0.3 is 0 Å². The third-order valence-electron chi connectivity index (χ3n) is 6.76. The van der Waals surface area contributed by atoms with Crippen LogP contribution in [0.3, 0.4) is 0 Å². The molecule has 2 N–H and O–H groups in total. The molecular formula is C24H27N7O3S. The van der Waals surface area contributed by atoms with E-state index >= 15 is 0 Å². The van der Waals surface area contributed by atoms with Gasteiger partial charge in [-0.15, -0.1) is 11.3 Å². The number of fused-ring (bicyclic) bond motifs is 4. The number of H-pyrrole nitrogens is 1. The third-order valence-corrected chi connectivity index (χ3v) is 7.93. The molecule has 4 aromatic heterocycles. The maximum Gasteiger partial charge on any atom is 0.239 e. The van der Waals surface area contributed by atoms with Gasteiger partial charge in [-0.1, -0.05) is 0 Å². The molecule has 2 aliphatic rings. The van der Waals surface area contributed by atoms with Crippen molar-refractivity contribution in [1.82, 2.24) is 30.0 Å². The zero-order chi connectivity index (χ0) is 24.1. The Morgan fingerprint density at radius 2 is 2.11 bits per heavy atom. The number of aryl methyl sites for hydroxylation is 1. The minimum atomic E-state index is -0.00905. The molecule has 0 aromatic carbocycles. The molecule has 4 aromatic rings. The van der Waals surface area contributed by atoms with E-state index < -0.39 is 0 Å². The van der Waals surface area contributed by atoms with E-state index in [-0.39, 0.29) is 24.0 Å². The molecule has 1 aliphatic carbocycles. The number of pyridine rings is 1. The van der Waals surface area contributed by atoms with Crippen LogP contribution in [0.15, 0.2) is 18.6 Å². The number of hydrogen-bond acceptors (Lipinski definition) is 9. The Bertz CT molecular complexity index is 1410. The van der Waals surface area contributed by atoms with Crippen LogP contribution in [0.25, 0.3) is 21.3 Å². The van der Waals surface area contributed by atoms with Gasteiger partial charge < -0.3 is 19.7 Å². The lowest BCUT2D eigenvalue weighted by Gasteiger charge is -2.37. The smallest absolute Gasteiger partial charge is 0.239 e. The summed E-state index contributed by atoms with van der Waals surface area (Å²) in [5.41, 5.74) is 2.60. The molecular weight excluding hydrogens is 466 g/mol. The van der Waals surface area contributed by atoms with Crippen LogP contribution in [0.2, 0.25) is 0 Å². The second kappa shape index (κ2) is 8.72. The summed E-state index contributed by atoms with van der Waals surface area (Å²) in [6.45, 7) is 5.39. The molecule has 11 heteroatoms. The fraction of sp³-hybridized carbons (Fsp3) is 0.458. The summed E-state index contributed by atoms with van der Waals surface area (Å²) >= 11 is 1.66. The summed E-state index contributed by atoms with van der Waals surface area (Å²) in [7, 11) is 1.59. The standard InChI is InChI=1S/C24H27N7O3S/c1-12-9-31(10-13(2)34-12)24(32)14-4-5-16-18(7-14)35-23-19(16)21(25-11-26-23)28-17-6-15-8-27-30-20(15)29-22(17)33-3/h6,8,11-14H,4-5,7,9-10H2,1-3H3,(H,25,26,28)(H,27,29,30)/t12-,13+,14-/m0/s1. The van der Waals surface area contributed by atoms with Crippen LogP contribution in [0, 0.1) is 5.92 Å². The van der Waals surface area contributed by atoms with E-state index in [1.807, 2.05) is 24.8 Å². The second-order valence-electron chi connectivity index (χ2n) is 9.32. The van der Waals surface area contributed by atoms with Gasteiger partial charge in [0.25, 0.3) is 0 Å². The zero-order valence-corrected chi connectivity index (χ0v) is 20.7. The van der Waals surface area contributed by atoms with Crippen LogP contribution in [-0.4, -0.2) is 68.4 Å². The maximum absolute atomic E-state index is 13.3. The van der Waals surface area contributed by atoms with Crippen molar-refractivity contribution in [3.8, 4) is 5.88 Å². The molecule has 0 spiro atoms. The predicted octanol–water partition coefficient (Wildman–Crippen LogP) is 3.46. The minimum absolute atomic E-state index is 0.00905. The van der Waals surface area contributed by atoms with Crippen molar-refractivity contribution < 1.29 is 14.3 Å². The lowest BCUT2D eigenvalue weighted by molar-refractivity contribution is -0.147. The van der Waals surface area contributed by atoms with Crippen molar-refractivity contribution in [3.05, 3.63) is 29.0 Å². The first kappa shape index (κ1) is 22.2. The lowest BCUT2D eigenvalue weighted by atomic mass is 9.86. The van der Waals surface area contributed by atoms with Gasteiger partial charge in [0, 0.05) is 29.3 Å². The Morgan fingerprint density at radius 1 is 1.29 bits per heavy atom. The number of methoxy groups -OCH3 is 1. The Morgan fingerprint density at radius 3 is 2.91 bits per heavy atom. The van der Waals surface area contributed by atoms with Gasteiger partial charge in [-0.05, 0) is 44.7 Å². The summed E-state index contributed by atoms with van der Waals surface area (Å²) in [6, 6.07) is 1.94. The number of nitrogens with one attached hydrogen (secondary N) is 2. The number of rotatable bonds is 4. The van der Waals surface area contributed by atoms with Crippen molar-refractivity contribution in [2.75, 3.05) is 25.5 Å². The highest BCUT2D eigenvalue weighted by molar-refractivity contribution is 7.19. The molecule has 35 heavy (non-hydrogen) atoms. The molecule has 182 valence electrons. The van der Waals surface area contributed by atoms with Crippen LogP contribution in [0.4, 0.5) is 11.5 Å². The van der Waals surface area contributed by atoms with Gasteiger partial charge in [0.2, 0.25) is 11.8 Å². The molecule has 1 saturated heterocycles. The Labute approximate surface area is 206 Å². The first-order valence-electron chi connectivity index (χ1n) is 11.8. The van der Waals surface area contributed by atoms with E-state index in [0.717, 1.165) is 40.7 Å². The first-order valence-corrected chi connectivity index (χ1v) is 12.7. The highest BCUT2D eigenvalue weighted by Crippen LogP contribution is 2.41. The van der Waals surface area contributed by atoms with Gasteiger partial charge in [0.15, 0.2) is 5.65 Å². The number of amides is 1. The van der Waals surface area contributed by atoms with E-state index in [1.54, 1.807) is 31.0 Å². The predicted molar refractivity (Wildman–Crippen MR) is 133 cm³/mol. The fourth-order valence-corrected chi connectivity index (χ4v) is 6.53. The highest BCUT2D eigenvalue weighted by atomic mass is 32.1. The molecule has 1 aliphatic heterocycles. The molecule has 1 fully saturated rings. The van der Waals surface area contributed by atoms with Crippen LogP contribution in [-0.2, 0) is 22.4 Å². The Balaban J connectivity index is 1.30. The molecule has 3 atom stereocenters. The fourth-order valence-electron chi connectivity index (χ4n) is 5.27. The second-order valence-corrected chi connectivity index (χ2v) is 10.4. The van der Waals surface area contributed by atoms with Gasteiger partial charge in [-0.25, -0.2) is 9.97 Å². The zero-order valence-electron chi connectivity index (χ0n) is 19.9. The molecule has 10 nitrogen and oxygen atoms in total. The summed E-state index contributed by atoms with van der Waals surface area (Å²) in [6.07, 6.45) is 5.81. The van der Waals surface area contributed by atoms with Crippen LogP contribution >= 0.6 is 11.3 Å². The third kappa shape index (κ3) is 3.98. The van der Waals surface area contributed by atoms with E-state index in [0.29, 0.717) is 30.3 Å². The summed E-state index contributed by atoms with van der Waals surface area (Å²) in [4.78, 5) is 31.1. The Kier molecular flexibility index (Phi) is 5.53. The average molecular weight is 494 g/mol. The van der Waals surface area contributed by atoms with E-state index in [2.05, 4.69) is 30.5 Å². The topological polar surface area (TPSA) is 118 Å². The van der Waals surface area contributed by atoms with Crippen LogP contribution < -0.4 is 10.1 Å². The summed E-state index contributed by atoms with van der Waals surface area (Å²) in [5, 5.41) is 12.2. The number of thiophene rings is 1. The van der Waals surface area contributed by atoms with Crippen molar-refractivity contribution >= 4 is 50.0 Å². The number of aromatic nitrogens is 5.